The van der Waals surface area contributed by atoms with Crippen molar-refractivity contribution >= 4 is 50.1 Å². The van der Waals surface area contributed by atoms with Crippen molar-refractivity contribution < 1.29 is 4.42 Å². The maximum absolute atomic E-state index is 6.84. The van der Waals surface area contributed by atoms with Gasteiger partial charge in [-0.2, -0.15) is 0 Å². The van der Waals surface area contributed by atoms with Gasteiger partial charge in [-0.15, -0.1) is 0 Å². The smallest absolute Gasteiger partial charge is 0.143 e. The lowest BCUT2D eigenvalue weighted by Gasteiger charge is -2.32. The summed E-state index contributed by atoms with van der Waals surface area (Å²) in [5, 5.41) is 2.29. The number of hydrogen-bond acceptors (Lipinski definition) is 2. The van der Waals surface area contributed by atoms with E-state index in [4.69, 9.17) is 4.42 Å². The second-order valence-electron chi connectivity index (χ2n) is 15.5. The Morgan fingerprint density at radius 3 is 2.03 bits per heavy atom. The van der Waals surface area contributed by atoms with Crippen LogP contribution in [0.4, 0.5) is 17.1 Å². The number of hydrogen-bond donors (Lipinski definition) is 0. The van der Waals surface area contributed by atoms with Crippen LogP contribution in [0, 0.1) is 0 Å². The molecule has 0 saturated heterocycles. The number of benzene rings is 7. The van der Waals surface area contributed by atoms with Crippen LogP contribution in [0.2, 0.25) is 0 Å². The van der Waals surface area contributed by atoms with Crippen LogP contribution in [0.25, 0.3) is 55.3 Å². The van der Waals surface area contributed by atoms with Gasteiger partial charge in [0.1, 0.15) is 11.2 Å². The zero-order valence-electron chi connectivity index (χ0n) is 32.5. The Morgan fingerprint density at radius 2 is 1.33 bits per heavy atom. The Kier molecular flexibility index (Phi) is 7.94. The second kappa shape index (κ2) is 13.5. The molecule has 58 heavy (non-hydrogen) atoms. The van der Waals surface area contributed by atoms with Crippen molar-refractivity contribution in [2.45, 2.75) is 25.2 Å². The highest BCUT2D eigenvalue weighted by Gasteiger charge is 2.52. The van der Waals surface area contributed by atoms with Crippen LogP contribution in [0.1, 0.15) is 53.1 Å². The first-order valence-electron chi connectivity index (χ1n) is 20.3. The number of fused-ring (bicyclic) bond motifs is 14. The highest BCUT2D eigenvalue weighted by molar-refractivity contribution is 6.13. The van der Waals surface area contributed by atoms with E-state index in [1.54, 1.807) is 0 Å². The van der Waals surface area contributed by atoms with Gasteiger partial charge in [0.05, 0.1) is 5.41 Å². The van der Waals surface area contributed by atoms with Gasteiger partial charge in [-0.05, 0) is 123 Å². The quantitative estimate of drug-likeness (QED) is 0.151. The molecule has 0 aliphatic heterocycles. The number of para-hydroxylation sites is 1. The normalized spacial score (nSPS) is 14.8. The molecule has 1 spiro atoms. The van der Waals surface area contributed by atoms with E-state index in [0.29, 0.717) is 0 Å². The fourth-order valence-corrected chi connectivity index (χ4v) is 9.89. The molecule has 0 saturated carbocycles. The van der Waals surface area contributed by atoms with Crippen LogP contribution < -0.4 is 4.90 Å². The number of nitrogens with zero attached hydrogens (tertiary/aromatic N) is 1. The van der Waals surface area contributed by atoms with Crippen LogP contribution >= 0.6 is 0 Å². The lowest BCUT2D eigenvalue weighted by molar-refractivity contribution is 0.669. The van der Waals surface area contributed by atoms with Gasteiger partial charge in [0.2, 0.25) is 0 Å². The van der Waals surface area contributed by atoms with E-state index in [1.807, 2.05) is 19.1 Å². The first-order chi connectivity index (χ1) is 28.7. The number of anilines is 3. The molecule has 0 N–H and O–H groups in total. The fourth-order valence-electron chi connectivity index (χ4n) is 9.89. The van der Waals surface area contributed by atoms with Gasteiger partial charge in [0.15, 0.2) is 0 Å². The molecule has 7 aromatic carbocycles. The first-order valence-corrected chi connectivity index (χ1v) is 20.3. The van der Waals surface area contributed by atoms with E-state index in [9.17, 15) is 0 Å². The first kappa shape index (κ1) is 34.1. The third-order valence-corrected chi connectivity index (χ3v) is 12.4. The van der Waals surface area contributed by atoms with Gasteiger partial charge in [-0.3, -0.25) is 0 Å². The van der Waals surface area contributed by atoms with Gasteiger partial charge < -0.3 is 9.32 Å². The van der Waals surface area contributed by atoms with Gasteiger partial charge in [0, 0.05) is 33.4 Å². The van der Waals surface area contributed by atoms with E-state index in [-0.39, 0.29) is 0 Å². The molecule has 0 bridgehead atoms. The maximum atomic E-state index is 6.84. The van der Waals surface area contributed by atoms with E-state index in [0.717, 1.165) is 63.0 Å². The van der Waals surface area contributed by atoms with E-state index in [1.165, 1.54) is 55.6 Å². The van der Waals surface area contributed by atoms with Crippen LogP contribution in [-0.4, -0.2) is 0 Å². The maximum Gasteiger partial charge on any atom is 0.143 e. The van der Waals surface area contributed by atoms with Crippen LogP contribution in [0.3, 0.4) is 0 Å². The standard InChI is InChI=1S/C56H41NO/c1-3-5-15-37(4-2)39-24-28-41(29-25-39)57(42-30-26-40(27-31-42)38-16-7-6-8-17-38)43-32-33-48-52(36-43)56(49-21-12-9-18-44(49)45-19-10-13-22-50(45)56)51-35-34-47-46-20-11-14-23-53(46)58-55(47)54(48)51/h3-5,7,9-36H,2,6,8H2,1H3/b5-3-,37-15+. The van der Waals surface area contributed by atoms with Gasteiger partial charge in [-0.1, -0.05) is 158 Å². The average Bonchev–Trinajstić information content (AvgIpc) is 3.92. The highest BCUT2D eigenvalue weighted by Crippen LogP contribution is 2.64. The third kappa shape index (κ3) is 4.98. The van der Waals surface area contributed by atoms with Gasteiger partial charge in [-0.25, -0.2) is 0 Å². The Bertz CT molecular complexity index is 3030. The summed E-state index contributed by atoms with van der Waals surface area (Å²) < 4.78 is 6.84. The molecule has 3 aliphatic carbocycles. The van der Waals surface area contributed by atoms with Crippen LogP contribution in [0.5, 0.6) is 0 Å². The van der Waals surface area contributed by atoms with Crippen molar-refractivity contribution in [3.8, 4) is 22.3 Å². The van der Waals surface area contributed by atoms with E-state index < -0.39 is 5.41 Å². The van der Waals surface area contributed by atoms with Crippen molar-refractivity contribution in [3.05, 3.63) is 234 Å². The molecule has 0 atom stereocenters. The molecule has 276 valence electrons. The summed E-state index contributed by atoms with van der Waals surface area (Å²) in [6.45, 7) is 6.14. The Morgan fingerprint density at radius 1 is 0.638 bits per heavy atom. The topological polar surface area (TPSA) is 16.4 Å². The average molecular weight is 744 g/mol. The largest absolute Gasteiger partial charge is 0.455 e. The highest BCUT2D eigenvalue weighted by atomic mass is 16.3. The van der Waals surface area contributed by atoms with Crippen molar-refractivity contribution in [3.63, 3.8) is 0 Å². The minimum Gasteiger partial charge on any atom is -0.455 e. The van der Waals surface area contributed by atoms with Crippen molar-refractivity contribution in [1.82, 2.24) is 0 Å². The fraction of sp³-hybridized carbons (Fsp3) is 0.0714. The SMILES string of the molecule is C=C/C(=C\C=C/C)c1ccc(N(c2ccc(C3=CCCC=C3)cc2)c2ccc3c(c2)C2(c4ccccc4-c4ccccc42)c2ccc4c(oc5ccccc54)c2-3)cc1. The molecular weight excluding hydrogens is 703 g/mol. The zero-order valence-corrected chi connectivity index (χ0v) is 32.5. The number of furan rings is 1. The minimum atomic E-state index is -0.531. The molecule has 0 radical (unpaired) electrons. The Hall–Kier alpha value is -7.16. The lowest BCUT2D eigenvalue weighted by Crippen LogP contribution is -2.26. The predicted molar refractivity (Wildman–Crippen MR) is 244 cm³/mol. The Balaban J connectivity index is 1.16. The molecule has 0 unspecified atom stereocenters. The number of allylic oxidation sites excluding steroid dienone is 9. The summed E-state index contributed by atoms with van der Waals surface area (Å²) in [7, 11) is 0. The zero-order chi connectivity index (χ0) is 38.8. The number of rotatable bonds is 7. The third-order valence-electron chi connectivity index (χ3n) is 12.4. The molecular formula is C56H41NO. The predicted octanol–water partition coefficient (Wildman–Crippen LogP) is 15.3. The summed E-state index contributed by atoms with van der Waals surface area (Å²) in [4.78, 5) is 2.41. The molecule has 3 aliphatic rings. The molecule has 1 heterocycles. The molecule has 8 aromatic rings. The van der Waals surface area contributed by atoms with Crippen LogP contribution in [0.15, 0.2) is 205 Å². The van der Waals surface area contributed by atoms with E-state index >= 15 is 0 Å². The van der Waals surface area contributed by atoms with Crippen molar-refractivity contribution in [2.24, 2.45) is 0 Å². The van der Waals surface area contributed by atoms with Gasteiger partial charge >= 0.3 is 0 Å². The molecule has 2 heteroatoms. The molecule has 1 aromatic heterocycles. The summed E-state index contributed by atoms with van der Waals surface area (Å²) in [5.74, 6) is 0. The molecule has 0 amide bonds. The summed E-state index contributed by atoms with van der Waals surface area (Å²) in [5.41, 5.74) is 19.4. The second-order valence-corrected chi connectivity index (χ2v) is 15.5. The lowest BCUT2D eigenvalue weighted by atomic mass is 9.70. The van der Waals surface area contributed by atoms with Crippen LogP contribution in [-0.2, 0) is 5.41 Å². The minimum absolute atomic E-state index is 0.531. The van der Waals surface area contributed by atoms with E-state index in [2.05, 4.69) is 194 Å². The summed E-state index contributed by atoms with van der Waals surface area (Å²) >= 11 is 0. The van der Waals surface area contributed by atoms with Crippen molar-refractivity contribution in [1.29, 1.82) is 0 Å². The monoisotopic (exact) mass is 743 g/mol. The van der Waals surface area contributed by atoms with Crippen molar-refractivity contribution in [2.75, 3.05) is 4.90 Å². The Labute approximate surface area is 339 Å². The summed E-state index contributed by atoms with van der Waals surface area (Å²) in [6.07, 6.45) is 17.2. The molecule has 11 rings (SSSR count). The molecule has 0 fully saturated rings. The molecule has 2 nitrogen and oxygen atoms in total. The van der Waals surface area contributed by atoms with Gasteiger partial charge in [0.25, 0.3) is 0 Å². The summed E-state index contributed by atoms with van der Waals surface area (Å²) in [6, 6.07) is 56.1.